The van der Waals surface area contributed by atoms with E-state index in [0.717, 1.165) is 25.9 Å². The third kappa shape index (κ3) is 4.08. The first-order valence-electron chi connectivity index (χ1n) is 7.64. The molecule has 0 aromatic heterocycles. The van der Waals surface area contributed by atoms with Gasteiger partial charge in [-0.2, -0.15) is 0 Å². The summed E-state index contributed by atoms with van der Waals surface area (Å²) in [7, 11) is -7.15. The van der Waals surface area contributed by atoms with Crippen molar-refractivity contribution in [2.75, 3.05) is 31.1 Å². The topological polar surface area (TPSA) is 71.5 Å². The monoisotopic (exact) mass is 345 g/mol. The van der Waals surface area contributed by atoms with E-state index in [1.165, 1.54) is 12.1 Å². The molecule has 1 aliphatic rings. The highest BCUT2D eigenvalue weighted by molar-refractivity contribution is 7.94. The van der Waals surface area contributed by atoms with Gasteiger partial charge in [-0.1, -0.05) is 19.1 Å². The van der Waals surface area contributed by atoms with Gasteiger partial charge in [-0.25, -0.2) is 16.8 Å². The summed E-state index contributed by atoms with van der Waals surface area (Å²) in [5.41, 5.74) is 0. The van der Waals surface area contributed by atoms with Gasteiger partial charge in [0.05, 0.1) is 21.3 Å². The standard InChI is InChI=1S/C15H23NO4S2/c1-2-12-21(17,18)14-7-3-4-8-15(14)22(19,20)13-11-16-9-5-6-10-16/h3-4,7-8H,2,5-6,9-13H2,1H3. The van der Waals surface area contributed by atoms with Crippen LogP contribution in [0.1, 0.15) is 26.2 Å². The lowest BCUT2D eigenvalue weighted by Gasteiger charge is -2.15. The molecule has 0 spiro atoms. The number of hydrogen-bond acceptors (Lipinski definition) is 5. The first-order chi connectivity index (χ1) is 10.4. The lowest BCUT2D eigenvalue weighted by atomic mass is 10.4. The van der Waals surface area contributed by atoms with Gasteiger partial charge in [-0.3, -0.25) is 0 Å². The summed E-state index contributed by atoms with van der Waals surface area (Å²) in [4.78, 5) is 2.00. The molecule has 0 bridgehead atoms. The fourth-order valence-electron chi connectivity index (χ4n) is 2.71. The van der Waals surface area contributed by atoms with E-state index in [-0.39, 0.29) is 21.3 Å². The van der Waals surface area contributed by atoms with Gasteiger partial charge in [-0.15, -0.1) is 0 Å². The average molecular weight is 345 g/mol. The van der Waals surface area contributed by atoms with E-state index in [1.54, 1.807) is 19.1 Å². The molecule has 0 unspecified atom stereocenters. The molecule has 124 valence electrons. The third-order valence-corrected chi connectivity index (χ3v) is 7.71. The average Bonchev–Trinajstić information content (AvgIpc) is 2.99. The molecule has 0 saturated carbocycles. The molecule has 1 aromatic rings. The van der Waals surface area contributed by atoms with Gasteiger partial charge in [-0.05, 0) is 44.5 Å². The molecule has 1 heterocycles. The van der Waals surface area contributed by atoms with Crippen LogP contribution in [0.15, 0.2) is 34.1 Å². The Hall–Kier alpha value is -0.920. The Morgan fingerprint density at radius 2 is 1.41 bits per heavy atom. The van der Waals surface area contributed by atoms with Crippen molar-refractivity contribution in [3.63, 3.8) is 0 Å². The van der Waals surface area contributed by atoms with Crippen LogP contribution in [0.25, 0.3) is 0 Å². The summed E-state index contributed by atoms with van der Waals surface area (Å²) in [6, 6.07) is 5.95. The second kappa shape index (κ2) is 7.10. The number of rotatable bonds is 7. The fraction of sp³-hybridized carbons (Fsp3) is 0.600. The van der Waals surface area contributed by atoms with Gasteiger partial charge in [0.25, 0.3) is 0 Å². The zero-order chi connectivity index (χ0) is 16.2. The van der Waals surface area contributed by atoms with E-state index >= 15 is 0 Å². The Balaban J connectivity index is 2.27. The Morgan fingerprint density at radius 1 is 0.909 bits per heavy atom. The number of sulfone groups is 2. The van der Waals surface area contributed by atoms with E-state index in [2.05, 4.69) is 4.90 Å². The molecule has 0 radical (unpaired) electrons. The van der Waals surface area contributed by atoms with Crippen molar-refractivity contribution in [3.8, 4) is 0 Å². The van der Waals surface area contributed by atoms with Crippen molar-refractivity contribution < 1.29 is 16.8 Å². The van der Waals surface area contributed by atoms with Crippen LogP contribution in [-0.4, -0.2) is 52.9 Å². The van der Waals surface area contributed by atoms with Crippen molar-refractivity contribution >= 4 is 19.7 Å². The van der Waals surface area contributed by atoms with Crippen LogP contribution >= 0.6 is 0 Å². The van der Waals surface area contributed by atoms with E-state index in [9.17, 15) is 16.8 Å². The van der Waals surface area contributed by atoms with Gasteiger partial charge >= 0.3 is 0 Å². The summed E-state index contributed by atoms with van der Waals surface area (Å²) < 4.78 is 49.7. The summed E-state index contributed by atoms with van der Waals surface area (Å²) in [6.07, 6.45) is 2.66. The highest BCUT2D eigenvalue weighted by atomic mass is 32.2. The molecule has 5 nitrogen and oxygen atoms in total. The number of benzene rings is 1. The first-order valence-corrected chi connectivity index (χ1v) is 10.9. The molecule has 0 atom stereocenters. The van der Waals surface area contributed by atoms with E-state index in [4.69, 9.17) is 0 Å². The molecular weight excluding hydrogens is 322 g/mol. The lowest BCUT2D eigenvalue weighted by Crippen LogP contribution is -2.27. The van der Waals surface area contributed by atoms with Crippen molar-refractivity contribution in [2.24, 2.45) is 0 Å². The van der Waals surface area contributed by atoms with Crippen LogP contribution in [-0.2, 0) is 19.7 Å². The van der Waals surface area contributed by atoms with Gasteiger partial charge < -0.3 is 4.90 Å². The van der Waals surface area contributed by atoms with E-state index < -0.39 is 19.7 Å². The Bertz CT molecular complexity index is 705. The van der Waals surface area contributed by atoms with Gasteiger partial charge in [0.1, 0.15) is 0 Å². The lowest BCUT2D eigenvalue weighted by molar-refractivity contribution is 0.359. The molecule has 7 heteroatoms. The Kier molecular flexibility index (Phi) is 5.63. The molecule has 1 aliphatic heterocycles. The third-order valence-electron chi connectivity index (χ3n) is 3.87. The molecule has 2 rings (SSSR count). The van der Waals surface area contributed by atoms with Crippen molar-refractivity contribution in [1.82, 2.24) is 4.90 Å². The van der Waals surface area contributed by atoms with E-state index in [1.807, 2.05) is 0 Å². The van der Waals surface area contributed by atoms with E-state index in [0.29, 0.717) is 13.0 Å². The quantitative estimate of drug-likeness (QED) is 0.753. The maximum atomic E-state index is 12.6. The number of likely N-dealkylation sites (tertiary alicyclic amines) is 1. The zero-order valence-electron chi connectivity index (χ0n) is 12.9. The minimum absolute atomic E-state index is 0.0361. The molecule has 0 N–H and O–H groups in total. The Labute approximate surface area is 133 Å². The van der Waals surface area contributed by atoms with Crippen LogP contribution in [0.4, 0.5) is 0 Å². The van der Waals surface area contributed by atoms with Gasteiger partial charge in [0.15, 0.2) is 19.7 Å². The van der Waals surface area contributed by atoms with Gasteiger partial charge in [0, 0.05) is 6.54 Å². The zero-order valence-corrected chi connectivity index (χ0v) is 14.5. The van der Waals surface area contributed by atoms with Crippen molar-refractivity contribution in [3.05, 3.63) is 24.3 Å². The maximum Gasteiger partial charge on any atom is 0.180 e. The second-order valence-electron chi connectivity index (χ2n) is 5.63. The minimum atomic E-state index is -3.60. The molecule has 1 fully saturated rings. The van der Waals surface area contributed by atoms with Crippen molar-refractivity contribution in [1.29, 1.82) is 0 Å². The Morgan fingerprint density at radius 3 is 1.91 bits per heavy atom. The SMILES string of the molecule is CCCS(=O)(=O)c1ccccc1S(=O)(=O)CCN1CCCC1. The molecular formula is C15H23NO4S2. The predicted octanol–water partition coefficient (Wildman–Crippen LogP) is 1.74. The summed E-state index contributed by atoms with van der Waals surface area (Å²) in [5, 5.41) is 0. The highest BCUT2D eigenvalue weighted by Crippen LogP contribution is 2.23. The van der Waals surface area contributed by atoms with Gasteiger partial charge in [0.2, 0.25) is 0 Å². The van der Waals surface area contributed by atoms with Crippen LogP contribution < -0.4 is 0 Å². The smallest absolute Gasteiger partial charge is 0.180 e. The van der Waals surface area contributed by atoms with Crippen molar-refractivity contribution in [2.45, 2.75) is 36.0 Å². The molecule has 22 heavy (non-hydrogen) atoms. The fourth-order valence-corrected chi connectivity index (χ4v) is 6.27. The number of hydrogen-bond donors (Lipinski definition) is 0. The summed E-state index contributed by atoms with van der Waals surface area (Å²) in [6.45, 7) is 4.07. The molecule has 0 amide bonds. The molecule has 0 aliphatic carbocycles. The largest absolute Gasteiger partial charge is 0.302 e. The highest BCUT2D eigenvalue weighted by Gasteiger charge is 2.26. The summed E-state index contributed by atoms with van der Waals surface area (Å²) in [5.74, 6) is -0.0721. The molecule has 1 aromatic carbocycles. The van der Waals surface area contributed by atoms with Crippen LogP contribution in [0.3, 0.4) is 0 Å². The molecule has 1 saturated heterocycles. The van der Waals surface area contributed by atoms with Crippen LogP contribution in [0.5, 0.6) is 0 Å². The predicted molar refractivity (Wildman–Crippen MR) is 86.5 cm³/mol. The minimum Gasteiger partial charge on any atom is -0.302 e. The number of nitrogens with zero attached hydrogens (tertiary/aromatic N) is 1. The summed E-state index contributed by atoms with van der Waals surface area (Å²) >= 11 is 0. The second-order valence-corrected chi connectivity index (χ2v) is 9.79. The normalized spacial score (nSPS) is 17.0. The van der Waals surface area contributed by atoms with Crippen LogP contribution in [0, 0.1) is 0 Å². The van der Waals surface area contributed by atoms with Crippen LogP contribution in [0.2, 0.25) is 0 Å². The first kappa shape index (κ1) is 17.4. The maximum absolute atomic E-state index is 12.6.